The van der Waals surface area contributed by atoms with Crippen molar-refractivity contribution in [1.82, 2.24) is 9.88 Å². The summed E-state index contributed by atoms with van der Waals surface area (Å²) < 4.78 is 20.7. The Kier molecular flexibility index (Phi) is 7.90. The third-order valence-electron chi connectivity index (χ3n) is 6.41. The van der Waals surface area contributed by atoms with E-state index in [0.717, 1.165) is 12.8 Å². The lowest BCUT2D eigenvalue weighted by Crippen LogP contribution is -2.42. The third kappa shape index (κ3) is 5.37. The number of ether oxygens (including phenoxy) is 1. The highest BCUT2D eigenvalue weighted by Gasteiger charge is 2.30. The van der Waals surface area contributed by atoms with Crippen LogP contribution in [0.1, 0.15) is 63.4 Å². The van der Waals surface area contributed by atoms with Gasteiger partial charge in [0.2, 0.25) is 0 Å². The number of hydrogen-bond donors (Lipinski definition) is 2. The predicted molar refractivity (Wildman–Crippen MR) is 127 cm³/mol. The first-order valence-corrected chi connectivity index (χ1v) is 11.3. The number of aryl methyl sites for hydroxylation is 1. The van der Waals surface area contributed by atoms with Gasteiger partial charge in [0, 0.05) is 24.5 Å². The molecule has 34 heavy (non-hydrogen) atoms. The number of aromatic nitrogens is 1. The summed E-state index contributed by atoms with van der Waals surface area (Å²) in [6.45, 7) is 5.23. The molecule has 1 heterocycles. The lowest BCUT2D eigenvalue weighted by molar-refractivity contribution is -0.118. The lowest BCUT2D eigenvalue weighted by Gasteiger charge is -2.28. The zero-order valence-electron chi connectivity index (χ0n) is 20.0. The summed E-state index contributed by atoms with van der Waals surface area (Å²) in [5.41, 5.74) is 2.30. The molecule has 0 bridgehead atoms. The normalized spacial score (nSPS) is 17.6. The molecule has 180 valence electrons. The van der Waals surface area contributed by atoms with Crippen molar-refractivity contribution in [3.63, 3.8) is 0 Å². The zero-order valence-corrected chi connectivity index (χ0v) is 20.0. The van der Waals surface area contributed by atoms with E-state index in [1.54, 1.807) is 32.4 Å². The van der Waals surface area contributed by atoms with E-state index in [4.69, 9.17) is 11.2 Å². The van der Waals surface area contributed by atoms with E-state index < -0.39 is 17.6 Å². The monoisotopic (exact) mass is 467 g/mol. The average molecular weight is 468 g/mol. The van der Waals surface area contributed by atoms with Crippen LogP contribution in [0.2, 0.25) is 0 Å². The van der Waals surface area contributed by atoms with Crippen molar-refractivity contribution in [1.29, 1.82) is 0 Å². The molecule has 3 rings (SSSR count). The summed E-state index contributed by atoms with van der Waals surface area (Å²) >= 11 is 0. The number of Topliss-reactive ketones (excluding diaryl/α,β-unsaturated/α-hetero) is 1. The van der Waals surface area contributed by atoms with Crippen molar-refractivity contribution in [2.24, 2.45) is 7.05 Å². The lowest BCUT2D eigenvalue weighted by atomic mass is 9.92. The van der Waals surface area contributed by atoms with Crippen LogP contribution in [0, 0.1) is 38.9 Å². The van der Waals surface area contributed by atoms with E-state index in [9.17, 15) is 18.8 Å². The molecule has 1 saturated carbocycles. The fraction of sp³-hybridized carbons (Fsp3) is 0.423. The maximum Gasteiger partial charge on any atom is 0.294 e. The first-order chi connectivity index (χ1) is 16.1. The number of halogens is 1. The number of rotatable bonds is 7. The Labute approximate surface area is 199 Å². The van der Waals surface area contributed by atoms with Crippen molar-refractivity contribution in [2.75, 3.05) is 11.9 Å². The predicted octanol–water partition coefficient (Wildman–Crippen LogP) is 3.60. The Morgan fingerprint density at radius 2 is 1.85 bits per heavy atom. The van der Waals surface area contributed by atoms with Gasteiger partial charge >= 0.3 is 0 Å². The quantitative estimate of drug-likeness (QED) is 0.370. The van der Waals surface area contributed by atoms with Crippen LogP contribution in [-0.4, -0.2) is 40.9 Å². The number of anilines is 1. The van der Waals surface area contributed by atoms with Gasteiger partial charge in [-0.1, -0.05) is 5.92 Å². The van der Waals surface area contributed by atoms with Gasteiger partial charge in [-0.15, -0.1) is 6.42 Å². The number of nitrogens with zero attached hydrogens (tertiary/aromatic N) is 1. The molecule has 0 unspecified atom stereocenters. The van der Waals surface area contributed by atoms with Gasteiger partial charge in [-0.05, 0) is 75.8 Å². The fourth-order valence-corrected chi connectivity index (χ4v) is 4.45. The van der Waals surface area contributed by atoms with Gasteiger partial charge in [-0.3, -0.25) is 14.4 Å². The molecule has 2 aromatic rings. The first kappa shape index (κ1) is 25.2. The molecule has 2 amide bonds. The summed E-state index contributed by atoms with van der Waals surface area (Å²) in [5.74, 6) is 0.274. The number of benzene rings is 1. The third-order valence-corrected chi connectivity index (χ3v) is 6.41. The zero-order chi connectivity index (χ0) is 25.0. The second kappa shape index (κ2) is 10.7. The number of carbonyl (C=O) groups is 3. The van der Waals surface area contributed by atoms with E-state index in [0.29, 0.717) is 40.9 Å². The molecule has 7 nitrogen and oxygen atoms in total. The maximum absolute atomic E-state index is 13.5. The van der Waals surface area contributed by atoms with E-state index in [1.165, 1.54) is 18.2 Å². The number of amides is 2. The van der Waals surface area contributed by atoms with Gasteiger partial charge < -0.3 is 19.9 Å². The molecule has 1 aromatic carbocycles. The Balaban J connectivity index is 1.71. The molecular formula is C26H30FN3O4. The molecule has 0 aliphatic heterocycles. The Morgan fingerprint density at radius 3 is 2.47 bits per heavy atom. The second-order valence-corrected chi connectivity index (χ2v) is 8.70. The highest BCUT2D eigenvalue weighted by Crippen LogP contribution is 2.25. The van der Waals surface area contributed by atoms with Crippen molar-refractivity contribution >= 4 is 23.3 Å². The molecule has 1 aromatic heterocycles. The van der Waals surface area contributed by atoms with Gasteiger partial charge in [-0.2, -0.15) is 0 Å². The highest BCUT2D eigenvalue weighted by atomic mass is 19.1. The van der Waals surface area contributed by atoms with Crippen molar-refractivity contribution in [3.8, 4) is 12.3 Å². The Bertz CT molecular complexity index is 1150. The standard InChI is InChI=1S/C26H30FN3O4/c1-6-13-34-20-10-7-18(8-11-20)28-26(33)24(31)23-16(3)22(17(4)30(23)5)25(32)29-19-9-12-21(27)15(2)14-19/h1,9,12,14,18,20H,7-8,10-11,13H2,2-5H3,(H,28,33)(H,29,32)/t18-,20+. The molecule has 0 saturated heterocycles. The van der Waals surface area contributed by atoms with Gasteiger partial charge in [0.25, 0.3) is 17.6 Å². The molecule has 2 N–H and O–H groups in total. The summed E-state index contributed by atoms with van der Waals surface area (Å²) in [5, 5.41) is 5.57. The van der Waals surface area contributed by atoms with Crippen molar-refractivity contribution in [3.05, 3.63) is 52.1 Å². The van der Waals surface area contributed by atoms with E-state index in [2.05, 4.69) is 16.6 Å². The first-order valence-electron chi connectivity index (χ1n) is 11.3. The highest BCUT2D eigenvalue weighted by molar-refractivity contribution is 6.43. The minimum absolute atomic E-state index is 0.0728. The van der Waals surface area contributed by atoms with Crippen LogP contribution < -0.4 is 10.6 Å². The molecule has 0 spiro atoms. The smallest absolute Gasteiger partial charge is 0.294 e. The molecule has 0 radical (unpaired) electrons. The van der Waals surface area contributed by atoms with Crippen molar-refractivity contribution < 1.29 is 23.5 Å². The SMILES string of the molecule is C#CCO[C@H]1CC[C@@H](NC(=O)C(=O)c2c(C)c(C(=O)Nc3ccc(F)c(C)c3)c(C)n2C)CC1. The van der Waals surface area contributed by atoms with Gasteiger partial charge in [-0.25, -0.2) is 4.39 Å². The maximum atomic E-state index is 13.5. The van der Waals surface area contributed by atoms with E-state index >= 15 is 0 Å². The number of nitrogens with one attached hydrogen (secondary N) is 2. The minimum atomic E-state index is -0.696. The van der Waals surface area contributed by atoms with E-state index in [1.807, 2.05) is 0 Å². The van der Waals surface area contributed by atoms with Crippen LogP contribution in [0.25, 0.3) is 0 Å². The number of hydrogen-bond acceptors (Lipinski definition) is 4. The summed E-state index contributed by atoms with van der Waals surface area (Å²) in [4.78, 5) is 38.8. The van der Waals surface area contributed by atoms with Crippen molar-refractivity contribution in [2.45, 2.75) is 58.6 Å². The van der Waals surface area contributed by atoms with Crippen LogP contribution in [-0.2, 0) is 16.6 Å². The summed E-state index contributed by atoms with van der Waals surface area (Å²) in [7, 11) is 1.65. The molecule has 8 heteroatoms. The van der Waals surface area contributed by atoms with Gasteiger partial charge in [0.15, 0.2) is 0 Å². The van der Waals surface area contributed by atoms with Crippen LogP contribution >= 0.6 is 0 Å². The van der Waals surface area contributed by atoms with Crippen LogP contribution in [0.15, 0.2) is 18.2 Å². The topological polar surface area (TPSA) is 89.4 Å². The average Bonchev–Trinajstić information content (AvgIpc) is 3.03. The van der Waals surface area contributed by atoms with Crippen LogP contribution in [0.3, 0.4) is 0 Å². The van der Waals surface area contributed by atoms with Crippen LogP contribution in [0.5, 0.6) is 0 Å². The van der Waals surface area contributed by atoms with Crippen LogP contribution in [0.4, 0.5) is 10.1 Å². The molecule has 1 aliphatic carbocycles. The second-order valence-electron chi connectivity index (χ2n) is 8.70. The minimum Gasteiger partial charge on any atom is -0.366 e. The summed E-state index contributed by atoms with van der Waals surface area (Å²) in [6, 6.07) is 4.17. The van der Waals surface area contributed by atoms with Gasteiger partial charge in [0.05, 0.1) is 17.4 Å². The fourth-order valence-electron chi connectivity index (χ4n) is 4.45. The number of ketones is 1. The molecule has 0 atom stereocenters. The Hall–Kier alpha value is -3.44. The van der Waals surface area contributed by atoms with Gasteiger partial charge in [0.1, 0.15) is 12.4 Å². The summed E-state index contributed by atoms with van der Waals surface area (Å²) in [6.07, 6.45) is 8.21. The Morgan fingerprint density at radius 1 is 1.18 bits per heavy atom. The van der Waals surface area contributed by atoms with E-state index in [-0.39, 0.29) is 30.3 Å². The number of carbonyl (C=O) groups excluding carboxylic acids is 3. The molecule has 1 fully saturated rings. The number of terminal acetylenes is 1. The largest absolute Gasteiger partial charge is 0.366 e. The molecular weight excluding hydrogens is 437 g/mol. The molecule has 1 aliphatic rings.